The van der Waals surface area contributed by atoms with Crippen LogP contribution in [0.4, 0.5) is 0 Å². The molecule has 0 bridgehead atoms. The Kier molecular flexibility index (Phi) is 6.66. The van der Waals surface area contributed by atoms with Crippen LogP contribution in [0.25, 0.3) is 0 Å². The van der Waals surface area contributed by atoms with Crippen LogP contribution in [0.5, 0.6) is 17.4 Å². The van der Waals surface area contributed by atoms with Crippen LogP contribution in [0, 0.1) is 0 Å². The molecule has 0 aliphatic carbocycles. The van der Waals surface area contributed by atoms with Crippen LogP contribution in [-0.4, -0.2) is 22.9 Å². The summed E-state index contributed by atoms with van der Waals surface area (Å²) in [6.45, 7) is 3.59. The van der Waals surface area contributed by atoms with Crippen molar-refractivity contribution in [3.63, 3.8) is 0 Å². The molecule has 0 aliphatic rings. The number of carbonyl (C=O) groups is 1. The average Bonchev–Trinajstić information content (AvgIpc) is 2.72. The fraction of sp³-hybridized carbons (Fsp3) is 0.227. The number of ether oxygens (including phenoxy) is 2. The van der Waals surface area contributed by atoms with Gasteiger partial charge in [0, 0.05) is 23.1 Å². The smallest absolute Gasteiger partial charge is 0.223 e. The highest BCUT2D eigenvalue weighted by atomic mass is 32.2. The van der Waals surface area contributed by atoms with Crippen LogP contribution in [-0.2, 0) is 12.2 Å². The molecule has 3 rings (SSSR count). The summed E-state index contributed by atoms with van der Waals surface area (Å²) >= 11 is 1.55. The molecule has 0 amide bonds. The minimum Gasteiger partial charge on any atom is -0.497 e. The molecule has 1 heterocycles. The summed E-state index contributed by atoms with van der Waals surface area (Å²) < 4.78 is 11.2. The first-order valence-electron chi connectivity index (χ1n) is 9.00. The largest absolute Gasteiger partial charge is 0.497 e. The number of ketones is 1. The molecule has 6 heteroatoms. The zero-order valence-corrected chi connectivity index (χ0v) is 17.0. The summed E-state index contributed by atoms with van der Waals surface area (Å²) in [6, 6.07) is 16.8. The van der Waals surface area contributed by atoms with Crippen molar-refractivity contribution in [2.75, 3.05) is 7.11 Å². The average molecular weight is 394 g/mol. The van der Waals surface area contributed by atoms with Crippen molar-refractivity contribution in [1.29, 1.82) is 0 Å². The Hall–Kier alpha value is -2.86. The van der Waals surface area contributed by atoms with Crippen molar-refractivity contribution in [3.05, 3.63) is 71.4 Å². The quantitative estimate of drug-likeness (QED) is 0.292. The third-order valence-corrected chi connectivity index (χ3v) is 5.00. The number of hydrogen-bond donors (Lipinski definition) is 0. The van der Waals surface area contributed by atoms with Gasteiger partial charge in [-0.3, -0.25) is 4.79 Å². The van der Waals surface area contributed by atoms with E-state index >= 15 is 0 Å². The van der Waals surface area contributed by atoms with E-state index in [0.29, 0.717) is 22.3 Å². The number of hydrogen-bond acceptors (Lipinski definition) is 6. The molecule has 0 unspecified atom stereocenters. The normalized spacial score (nSPS) is 10.5. The van der Waals surface area contributed by atoms with E-state index in [0.717, 1.165) is 29.2 Å². The summed E-state index contributed by atoms with van der Waals surface area (Å²) in [6.07, 6.45) is 0.787. The second-order valence-electron chi connectivity index (χ2n) is 6.16. The van der Waals surface area contributed by atoms with Crippen molar-refractivity contribution in [3.8, 4) is 17.4 Å². The Morgan fingerprint density at radius 1 is 1.04 bits per heavy atom. The molecule has 5 nitrogen and oxygen atoms in total. The van der Waals surface area contributed by atoms with Gasteiger partial charge in [0.05, 0.1) is 7.11 Å². The number of aromatic nitrogens is 2. The molecular formula is C22H22N2O3S. The summed E-state index contributed by atoms with van der Waals surface area (Å²) in [5.74, 6) is 2.72. The Morgan fingerprint density at radius 3 is 2.50 bits per heavy atom. The molecule has 0 radical (unpaired) electrons. The molecule has 0 saturated carbocycles. The van der Waals surface area contributed by atoms with Gasteiger partial charge in [-0.15, -0.1) is 0 Å². The highest BCUT2D eigenvalue weighted by Crippen LogP contribution is 2.26. The third-order valence-electron chi connectivity index (χ3n) is 4.08. The predicted octanol–water partition coefficient (Wildman–Crippen LogP) is 5.33. The van der Waals surface area contributed by atoms with Gasteiger partial charge in [0.1, 0.15) is 11.5 Å². The number of nitrogens with zero attached hydrogens (tertiary/aromatic N) is 2. The zero-order valence-electron chi connectivity index (χ0n) is 16.1. The Bertz CT molecular complexity index is 958. The molecule has 0 N–H and O–H groups in total. The van der Waals surface area contributed by atoms with E-state index in [9.17, 15) is 4.79 Å². The van der Waals surface area contributed by atoms with Crippen molar-refractivity contribution in [1.82, 2.24) is 9.97 Å². The van der Waals surface area contributed by atoms with Gasteiger partial charge in [-0.05, 0) is 55.3 Å². The SMILES string of the molecule is CCc1cc(Oc2ccc(C(C)=O)cc2)nc(SCc2cccc(OC)c2)n1. The highest BCUT2D eigenvalue weighted by molar-refractivity contribution is 7.98. The Labute approximate surface area is 169 Å². The molecule has 0 fully saturated rings. The second-order valence-corrected chi connectivity index (χ2v) is 7.10. The van der Waals surface area contributed by atoms with Crippen LogP contribution in [0.1, 0.15) is 35.5 Å². The van der Waals surface area contributed by atoms with Crippen LogP contribution in [0.2, 0.25) is 0 Å². The summed E-state index contributed by atoms with van der Waals surface area (Å²) in [5, 5.41) is 0.664. The van der Waals surface area contributed by atoms with E-state index in [1.165, 1.54) is 0 Å². The molecule has 1 aromatic heterocycles. The molecule has 3 aromatic rings. The number of carbonyl (C=O) groups excluding carboxylic acids is 1. The minimum atomic E-state index is 0.0260. The van der Waals surface area contributed by atoms with Crippen molar-refractivity contribution >= 4 is 17.5 Å². The standard InChI is InChI=1S/C22H22N2O3S/c1-4-18-13-21(27-19-10-8-17(9-11-19)15(2)25)24-22(23-18)28-14-16-6-5-7-20(12-16)26-3/h5-13H,4,14H2,1-3H3. The first-order valence-corrected chi connectivity index (χ1v) is 9.98. The van der Waals surface area contributed by atoms with E-state index in [-0.39, 0.29) is 5.78 Å². The molecule has 2 aromatic carbocycles. The van der Waals surface area contributed by atoms with E-state index in [2.05, 4.69) is 9.97 Å². The number of rotatable bonds is 8. The fourth-order valence-corrected chi connectivity index (χ4v) is 3.35. The van der Waals surface area contributed by atoms with Gasteiger partial charge in [-0.2, -0.15) is 4.98 Å². The van der Waals surface area contributed by atoms with E-state index in [4.69, 9.17) is 9.47 Å². The van der Waals surface area contributed by atoms with Crippen molar-refractivity contribution in [2.45, 2.75) is 31.2 Å². The fourth-order valence-electron chi connectivity index (χ4n) is 2.54. The molecule has 0 spiro atoms. The third kappa shape index (κ3) is 5.33. The molecule has 0 saturated heterocycles. The lowest BCUT2D eigenvalue weighted by Gasteiger charge is -2.09. The van der Waals surface area contributed by atoms with E-state index in [1.54, 1.807) is 50.1 Å². The number of aryl methyl sites for hydroxylation is 1. The molecule has 144 valence electrons. The van der Waals surface area contributed by atoms with Gasteiger partial charge < -0.3 is 9.47 Å². The minimum absolute atomic E-state index is 0.0260. The zero-order chi connectivity index (χ0) is 19.9. The van der Waals surface area contributed by atoms with Gasteiger partial charge in [0.15, 0.2) is 10.9 Å². The Balaban J connectivity index is 1.74. The lowest BCUT2D eigenvalue weighted by Crippen LogP contribution is -1.98. The predicted molar refractivity (Wildman–Crippen MR) is 110 cm³/mol. The van der Waals surface area contributed by atoms with E-state index < -0.39 is 0 Å². The number of benzene rings is 2. The van der Waals surface area contributed by atoms with Crippen molar-refractivity contribution in [2.24, 2.45) is 0 Å². The van der Waals surface area contributed by atoms with Gasteiger partial charge in [-0.1, -0.05) is 30.8 Å². The van der Waals surface area contributed by atoms with Crippen LogP contribution < -0.4 is 9.47 Å². The van der Waals surface area contributed by atoms with Gasteiger partial charge in [-0.25, -0.2) is 4.98 Å². The Morgan fingerprint density at radius 2 is 1.82 bits per heavy atom. The lowest BCUT2D eigenvalue weighted by molar-refractivity contribution is 0.101. The van der Waals surface area contributed by atoms with Gasteiger partial charge in [0.2, 0.25) is 5.88 Å². The maximum absolute atomic E-state index is 11.4. The topological polar surface area (TPSA) is 61.3 Å². The highest BCUT2D eigenvalue weighted by Gasteiger charge is 2.08. The number of methoxy groups -OCH3 is 1. The summed E-state index contributed by atoms with van der Waals surface area (Å²) in [5.41, 5.74) is 2.70. The maximum Gasteiger partial charge on any atom is 0.223 e. The first-order chi connectivity index (χ1) is 13.6. The van der Waals surface area contributed by atoms with Gasteiger partial charge >= 0.3 is 0 Å². The second kappa shape index (κ2) is 9.37. The molecule has 28 heavy (non-hydrogen) atoms. The number of Topliss-reactive ketones (excluding diaryl/α,β-unsaturated/α-hetero) is 1. The number of thioether (sulfide) groups is 1. The maximum atomic E-state index is 11.4. The van der Waals surface area contributed by atoms with Gasteiger partial charge in [0.25, 0.3) is 0 Å². The van der Waals surface area contributed by atoms with Crippen LogP contribution >= 0.6 is 11.8 Å². The molecule has 0 aliphatic heterocycles. The summed E-state index contributed by atoms with van der Waals surface area (Å²) in [4.78, 5) is 20.5. The van der Waals surface area contributed by atoms with Crippen molar-refractivity contribution < 1.29 is 14.3 Å². The first kappa shape index (κ1) is 19.9. The lowest BCUT2D eigenvalue weighted by atomic mass is 10.1. The van der Waals surface area contributed by atoms with E-state index in [1.807, 2.05) is 37.3 Å². The molecular weight excluding hydrogens is 372 g/mol. The van der Waals surface area contributed by atoms with Crippen LogP contribution in [0.15, 0.2) is 59.8 Å². The summed E-state index contributed by atoms with van der Waals surface area (Å²) in [7, 11) is 1.66. The monoisotopic (exact) mass is 394 g/mol. The molecule has 0 atom stereocenters. The van der Waals surface area contributed by atoms with Crippen LogP contribution in [0.3, 0.4) is 0 Å².